The number of pyridine rings is 1. The van der Waals surface area contributed by atoms with Crippen LogP contribution in [0.2, 0.25) is 0 Å². The molecule has 3 rings (SSSR count). The molecule has 0 spiro atoms. The molecule has 1 atom stereocenters. The van der Waals surface area contributed by atoms with Gasteiger partial charge < -0.3 is 0 Å². The van der Waals surface area contributed by atoms with Crippen LogP contribution in [0.25, 0.3) is 10.9 Å². The topological polar surface area (TPSA) is 12.9 Å². The molecule has 0 saturated carbocycles. The first-order valence-electron chi connectivity index (χ1n) is 5.86. The van der Waals surface area contributed by atoms with Gasteiger partial charge in [0, 0.05) is 14.7 Å². The van der Waals surface area contributed by atoms with Gasteiger partial charge in [-0.15, -0.1) is 0 Å². The highest BCUT2D eigenvalue weighted by Gasteiger charge is 2.24. The third-order valence-electron chi connectivity index (χ3n) is 3.54. The van der Waals surface area contributed by atoms with Crippen LogP contribution in [0.4, 0.5) is 4.39 Å². The van der Waals surface area contributed by atoms with E-state index >= 15 is 0 Å². The summed E-state index contributed by atoms with van der Waals surface area (Å²) in [5.41, 5.74) is 3.92. The molecule has 0 radical (unpaired) electrons. The zero-order valence-electron chi connectivity index (χ0n) is 9.85. The fraction of sp³-hybridized carbons (Fsp3) is 0.357. The second-order valence-corrected chi connectivity index (χ2v) is 5.95. The summed E-state index contributed by atoms with van der Waals surface area (Å²) < 4.78 is 15.1. The SMILES string of the molecule is Cc1cc(F)c2nc3c(c(I)c2c1)CCC3C. The molecule has 0 saturated heterocycles. The number of nitrogens with zero attached hydrogens (tertiary/aromatic N) is 1. The molecule has 0 fully saturated rings. The number of halogens is 2. The predicted octanol–water partition coefficient (Wildman–Crippen LogP) is 4.34. The minimum Gasteiger partial charge on any atom is -0.249 e. The summed E-state index contributed by atoms with van der Waals surface area (Å²) >= 11 is 2.34. The van der Waals surface area contributed by atoms with Crippen molar-refractivity contribution in [2.75, 3.05) is 0 Å². The van der Waals surface area contributed by atoms with Crippen LogP contribution in [0.5, 0.6) is 0 Å². The van der Waals surface area contributed by atoms with E-state index in [0.717, 1.165) is 29.5 Å². The Morgan fingerprint density at radius 2 is 2.18 bits per heavy atom. The third-order valence-corrected chi connectivity index (χ3v) is 4.78. The van der Waals surface area contributed by atoms with Crippen molar-refractivity contribution in [3.05, 3.63) is 38.3 Å². The smallest absolute Gasteiger partial charge is 0.149 e. The van der Waals surface area contributed by atoms with Crippen molar-refractivity contribution in [2.45, 2.75) is 32.6 Å². The molecule has 0 amide bonds. The number of aryl methyl sites for hydroxylation is 1. The van der Waals surface area contributed by atoms with Gasteiger partial charge in [-0.3, -0.25) is 0 Å². The first-order valence-corrected chi connectivity index (χ1v) is 6.94. The summed E-state index contributed by atoms with van der Waals surface area (Å²) in [6, 6.07) is 3.61. The van der Waals surface area contributed by atoms with Crippen molar-refractivity contribution in [1.82, 2.24) is 4.98 Å². The van der Waals surface area contributed by atoms with Gasteiger partial charge in [-0.25, -0.2) is 9.37 Å². The third kappa shape index (κ3) is 1.66. The molecular weight excluding hydrogens is 328 g/mol. The number of benzene rings is 1. The van der Waals surface area contributed by atoms with E-state index in [1.54, 1.807) is 6.07 Å². The van der Waals surface area contributed by atoms with E-state index in [9.17, 15) is 4.39 Å². The molecule has 88 valence electrons. The Morgan fingerprint density at radius 1 is 1.41 bits per heavy atom. The van der Waals surface area contributed by atoms with Crippen molar-refractivity contribution in [3.8, 4) is 0 Å². The second kappa shape index (κ2) is 3.90. The summed E-state index contributed by atoms with van der Waals surface area (Å²) in [7, 11) is 0. The molecule has 0 aliphatic heterocycles. The zero-order chi connectivity index (χ0) is 12.2. The van der Waals surface area contributed by atoms with Crippen molar-refractivity contribution < 1.29 is 4.39 Å². The molecule has 3 heteroatoms. The van der Waals surface area contributed by atoms with Crippen LogP contribution >= 0.6 is 22.6 Å². The van der Waals surface area contributed by atoms with Crippen molar-refractivity contribution in [2.24, 2.45) is 0 Å². The first-order chi connectivity index (χ1) is 8.08. The largest absolute Gasteiger partial charge is 0.249 e. The molecule has 1 aliphatic carbocycles. The van der Waals surface area contributed by atoms with Crippen molar-refractivity contribution >= 4 is 33.5 Å². The van der Waals surface area contributed by atoms with Gasteiger partial charge in [-0.2, -0.15) is 0 Å². The van der Waals surface area contributed by atoms with E-state index in [2.05, 4.69) is 34.5 Å². The van der Waals surface area contributed by atoms with Gasteiger partial charge in [0.15, 0.2) is 0 Å². The van der Waals surface area contributed by atoms with E-state index in [0.29, 0.717) is 11.4 Å². The van der Waals surface area contributed by atoms with Gasteiger partial charge >= 0.3 is 0 Å². The zero-order valence-corrected chi connectivity index (χ0v) is 12.0. The van der Waals surface area contributed by atoms with Gasteiger partial charge in [-0.1, -0.05) is 6.92 Å². The predicted molar refractivity (Wildman–Crippen MR) is 75.9 cm³/mol. The molecule has 1 aromatic carbocycles. The lowest BCUT2D eigenvalue weighted by Gasteiger charge is -2.10. The van der Waals surface area contributed by atoms with Crippen LogP contribution < -0.4 is 0 Å². The van der Waals surface area contributed by atoms with Crippen LogP contribution in [0.3, 0.4) is 0 Å². The summed E-state index contributed by atoms with van der Waals surface area (Å²) in [5.74, 6) is 0.267. The number of aromatic nitrogens is 1. The highest BCUT2D eigenvalue weighted by molar-refractivity contribution is 14.1. The van der Waals surface area contributed by atoms with E-state index in [4.69, 9.17) is 0 Å². The van der Waals surface area contributed by atoms with E-state index < -0.39 is 0 Å². The van der Waals surface area contributed by atoms with Gasteiger partial charge in [0.1, 0.15) is 11.3 Å². The van der Waals surface area contributed by atoms with Crippen LogP contribution in [0, 0.1) is 16.3 Å². The maximum absolute atomic E-state index is 14.0. The summed E-state index contributed by atoms with van der Waals surface area (Å²) in [4.78, 5) is 4.56. The van der Waals surface area contributed by atoms with Crippen LogP contribution in [-0.2, 0) is 6.42 Å². The fourth-order valence-corrected chi connectivity index (χ4v) is 3.58. The standard InChI is InChI=1S/C14H13FIN/c1-7-5-10-12(16)9-4-3-8(2)13(9)17-14(10)11(15)6-7/h5-6,8H,3-4H2,1-2H3. The number of hydrogen-bond donors (Lipinski definition) is 0. The Morgan fingerprint density at radius 3 is 2.94 bits per heavy atom. The highest BCUT2D eigenvalue weighted by atomic mass is 127. The van der Waals surface area contributed by atoms with Crippen LogP contribution in [-0.4, -0.2) is 4.98 Å². The lowest BCUT2D eigenvalue weighted by atomic mass is 10.1. The number of fused-ring (bicyclic) bond motifs is 2. The van der Waals surface area contributed by atoms with E-state index in [1.165, 1.54) is 9.13 Å². The lowest BCUT2D eigenvalue weighted by Crippen LogP contribution is -1.99. The molecule has 17 heavy (non-hydrogen) atoms. The molecule has 1 aromatic heterocycles. The monoisotopic (exact) mass is 341 g/mol. The maximum Gasteiger partial charge on any atom is 0.149 e. The molecule has 2 aromatic rings. The Labute approximate surface area is 114 Å². The Hall–Kier alpha value is -0.710. The minimum absolute atomic E-state index is 0.195. The summed E-state index contributed by atoms with van der Waals surface area (Å²) in [6.07, 6.45) is 2.21. The number of rotatable bonds is 0. The molecule has 0 bridgehead atoms. The lowest BCUT2D eigenvalue weighted by molar-refractivity contribution is 0.634. The summed E-state index contributed by atoms with van der Waals surface area (Å²) in [6.45, 7) is 4.10. The quantitative estimate of drug-likeness (QED) is 0.650. The molecule has 1 unspecified atom stereocenters. The Balaban J connectivity index is 2.44. The van der Waals surface area contributed by atoms with E-state index in [-0.39, 0.29) is 5.82 Å². The minimum atomic E-state index is -0.195. The van der Waals surface area contributed by atoms with Crippen molar-refractivity contribution in [3.63, 3.8) is 0 Å². The van der Waals surface area contributed by atoms with Crippen molar-refractivity contribution in [1.29, 1.82) is 0 Å². The van der Waals surface area contributed by atoms with Gasteiger partial charge in [0.05, 0.1) is 0 Å². The van der Waals surface area contributed by atoms with Gasteiger partial charge in [0.25, 0.3) is 0 Å². The maximum atomic E-state index is 14.0. The Bertz CT molecular complexity index is 621. The highest BCUT2D eigenvalue weighted by Crippen LogP contribution is 2.37. The fourth-order valence-electron chi connectivity index (χ4n) is 2.62. The van der Waals surface area contributed by atoms with E-state index in [1.807, 2.05) is 13.0 Å². The molecule has 1 nitrogen and oxygen atoms in total. The molecular formula is C14H13FIN. The summed E-state index contributed by atoms with van der Waals surface area (Å²) in [5, 5.41) is 0.968. The second-order valence-electron chi connectivity index (χ2n) is 4.87. The van der Waals surface area contributed by atoms with Crippen LogP contribution in [0.15, 0.2) is 12.1 Å². The average Bonchev–Trinajstić information content (AvgIpc) is 2.63. The van der Waals surface area contributed by atoms with Gasteiger partial charge in [0.2, 0.25) is 0 Å². The molecule has 0 N–H and O–H groups in total. The molecule has 1 heterocycles. The Kier molecular flexibility index (Phi) is 2.61. The normalized spacial score (nSPS) is 18.7. The van der Waals surface area contributed by atoms with Gasteiger partial charge in [-0.05, 0) is 71.5 Å². The first kappa shape index (κ1) is 11.4. The number of hydrogen-bond acceptors (Lipinski definition) is 1. The average molecular weight is 341 g/mol. The molecule has 1 aliphatic rings. The van der Waals surface area contributed by atoms with Crippen LogP contribution in [0.1, 0.15) is 36.1 Å².